The summed E-state index contributed by atoms with van der Waals surface area (Å²) in [7, 11) is 0. The summed E-state index contributed by atoms with van der Waals surface area (Å²) in [4.78, 5) is 0. The van der Waals surface area contributed by atoms with E-state index in [1.165, 1.54) is 22.3 Å². The third-order valence-corrected chi connectivity index (χ3v) is 2.95. The number of hydrogen-bond donors (Lipinski definition) is 1. The number of benzene rings is 2. The molecule has 2 rings (SSSR count). The van der Waals surface area contributed by atoms with E-state index in [9.17, 15) is 0 Å². The summed E-state index contributed by atoms with van der Waals surface area (Å²) in [6, 6.07) is 17.4. The van der Waals surface area contributed by atoms with E-state index in [1.807, 2.05) is 0 Å². The van der Waals surface area contributed by atoms with E-state index >= 15 is 0 Å². The van der Waals surface area contributed by atoms with Gasteiger partial charge >= 0.3 is 0 Å². The Hall–Kier alpha value is -1.60. The van der Waals surface area contributed by atoms with Gasteiger partial charge in [-0.05, 0) is 43.0 Å². The van der Waals surface area contributed by atoms with Crippen LogP contribution in [0.5, 0.6) is 0 Å². The Labute approximate surface area is 103 Å². The first kappa shape index (κ1) is 11.9. The molecule has 0 aliphatic rings. The molecule has 0 saturated carbocycles. The molecule has 2 aromatic carbocycles. The van der Waals surface area contributed by atoms with Gasteiger partial charge in [-0.2, -0.15) is 0 Å². The van der Waals surface area contributed by atoms with Crippen molar-refractivity contribution in [2.24, 2.45) is 5.73 Å². The molecule has 0 spiro atoms. The summed E-state index contributed by atoms with van der Waals surface area (Å²) in [5, 5.41) is 0. The van der Waals surface area contributed by atoms with Crippen molar-refractivity contribution in [2.45, 2.75) is 19.8 Å². The lowest BCUT2D eigenvalue weighted by Crippen LogP contribution is -2.00. The van der Waals surface area contributed by atoms with Gasteiger partial charge in [-0.25, -0.2) is 0 Å². The predicted octanol–water partition coefficient (Wildman–Crippen LogP) is 3.55. The Morgan fingerprint density at radius 2 is 1.65 bits per heavy atom. The van der Waals surface area contributed by atoms with E-state index in [0.717, 1.165) is 19.4 Å². The van der Waals surface area contributed by atoms with Gasteiger partial charge in [-0.15, -0.1) is 0 Å². The maximum atomic E-state index is 5.55. The van der Waals surface area contributed by atoms with E-state index in [2.05, 4.69) is 55.5 Å². The molecular formula is C16H19N. The Kier molecular flexibility index (Phi) is 3.94. The Morgan fingerprint density at radius 3 is 2.35 bits per heavy atom. The lowest BCUT2D eigenvalue weighted by Gasteiger charge is -2.06. The second-order valence-corrected chi connectivity index (χ2v) is 4.46. The molecule has 0 aromatic heterocycles. The fourth-order valence-corrected chi connectivity index (χ4v) is 2.04. The summed E-state index contributed by atoms with van der Waals surface area (Å²) in [6.45, 7) is 2.89. The first-order chi connectivity index (χ1) is 8.29. The summed E-state index contributed by atoms with van der Waals surface area (Å²) in [5.74, 6) is 0. The highest BCUT2D eigenvalue weighted by Crippen LogP contribution is 2.21. The normalized spacial score (nSPS) is 10.5. The molecule has 0 bridgehead atoms. The zero-order chi connectivity index (χ0) is 12.1. The van der Waals surface area contributed by atoms with E-state index in [4.69, 9.17) is 5.73 Å². The van der Waals surface area contributed by atoms with Crippen LogP contribution in [0.15, 0.2) is 48.5 Å². The average molecular weight is 225 g/mol. The predicted molar refractivity (Wildman–Crippen MR) is 74.0 cm³/mol. The Morgan fingerprint density at radius 1 is 0.941 bits per heavy atom. The molecule has 1 nitrogen and oxygen atoms in total. The van der Waals surface area contributed by atoms with Crippen molar-refractivity contribution in [3.05, 3.63) is 59.7 Å². The van der Waals surface area contributed by atoms with Crippen LogP contribution in [0.1, 0.15) is 17.5 Å². The van der Waals surface area contributed by atoms with Gasteiger partial charge in [-0.1, -0.05) is 54.1 Å². The maximum Gasteiger partial charge on any atom is -0.00741 e. The van der Waals surface area contributed by atoms with Crippen molar-refractivity contribution in [2.75, 3.05) is 6.54 Å². The van der Waals surface area contributed by atoms with Crippen molar-refractivity contribution in [3.8, 4) is 11.1 Å². The standard InChI is InChI=1S/C16H19N/c1-13-5-2-8-15(11-13)16-9-3-6-14(12-16)7-4-10-17/h2-3,5-6,8-9,11-12H,4,7,10,17H2,1H3. The molecule has 0 amide bonds. The van der Waals surface area contributed by atoms with Gasteiger partial charge in [0.05, 0.1) is 0 Å². The lowest BCUT2D eigenvalue weighted by molar-refractivity contribution is 0.833. The van der Waals surface area contributed by atoms with Crippen LogP contribution >= 0.6 is 0 Å². The van der Waals surface area contributed by atoms with Gasteiger partial charge in [0, 0.05) is 0 Å². The second-order valence-electron chi connectivity index (χ2n) is 4.46. The van der Waals surface area contributed by atoms with Crippen LogP contribution in [0.25, 0.3) is 11.1 Å². The SMILES string of the molecule is Cc1cccc(-c2cccc(CCCN)c2)c1. The second kappa shape index (κ2) is 5.65. The average Bonchev–Trinajstić information content (AvgIpc) is 2.37. The zero-order valence-electron chi connectivity index (χ0n) is 10.3. The van der Waals surface area contributed by atoms with E-state index in [-0.39, 0.29) is 0 Å². The van der Waals surface area contributed by atoms with Gasteiger partial charge in [0.25, 0.3) is 0 Å². The van der Waals surface area contributed by atoms with Crippen molar-refractivity contribution in [1.29, 1.82) is 0 Å². The number of hydrogen-bond acceptors (Lipinski definition) is 1. The molecular weight excluding hydrogens is 206 g/mol. The van der Waals surface area contributed by atoms with Gasteiger partial charge in [0.15, 0.2) is 0 Å². The molecule has 17 heavy (non-hydrogen) atoms. The first-order valence-electron chi connectivity index (χ1n) is 6.15. The van der Waals surface area contributed by atoms with Crippen LogP contribution in [0.3, 0.4) is 0 Å². The summed E-state index contributed by atoms with van der Waals surface area (Å²) in [6.07, 6.45) is 2.12. The smallest absolute Gasteiger partial charge is 0.00741 e. The van der Waals surface area contributed by atoms with Gasteiger partial charge in [0.1, 0.15) is 0 Å². The minimum Gasteiger partial charge on any atom is -0.330 e. The third-order valence-electron chi connectivity index (χ3n) is 2.95. The topological polar surface area (TPSA) is 26.0 Å². The minimum atomic E-state index is 0.759. The van der Waals surface area contributed by atoms with Crippen molar-refractivity contribution >= 4 is 0 Å². The van der Waals surface area contributed by atoms with E-state index in [1.54, 1.807) is 0 Å². The quantitative estimate of drug-likeness (QED) is 0.846. The van der Waals surface area contributed by atoms with Crippen LogP contribution in [0, 0.1) is 6.92 Å². The van der Waals surface area contributed by atoms with Gasteiger partial charge in [-0.3, -0.25) is 0 Å². The maximum absolute atomic E-state index is 5.55. The highest BCUT2D eigenvalue weighted by molar-refractivity contribution is 5.64. The highest BCUT2D eigenvalue weighted by Gasteiger charge is 1.99. The molecule has 0 aliphatic heterocycles. The first-order valence-corrected chi connectivity index (χ1v) is 6.15. The molecule has 0 aliphatic carbocycles. The molecule has 2 N–H and O–H groups in total. The molecule has 88 valence electrons. The van der Waals surface area contributed by atoms with Crippen molar-refractivity contribution in [1.82, 2.24) is 0 Å². The van der Waals surface area contributed by atoms with Gasteiger partial charge < -0.3 is 5.73 Å². The third kappa shape index (κ3) is 3.18. The zero-order valence-corrected chi connectivity index (χ0v) is 10.3. The van der Waals surface area contributed by atoms with E-state index < -0.39 is 0 Å². The molecule has 2 aromatic rings. The fourth-order valence-electron chi connectivity index (χ4n) is 2.04. The molecule has 0 fully saturated rings. The largest absolute Gasteiger partial charge is 0.330 e. The number of aryl methyl sites for hydroxylation is 2. The highest BCUT2D eigenvalue weighted by atomic mass is 14.5. The summed E-state index contributed by atoms with van der Waals surface area (Å²) >= 11 is 0. The molecule has 0 unspecified atom stereocenters. The number of rotatable bonds is 4. The molecule has 1 heteroatoms. The lowest BCUT2D eigenvalue weighted by atomic mass is 10.00. The van der Waals surface area contributed by atoms with Crippen LogP contribution in [-0.4, -0.2) is 6.54 Å². The fraction of sp³-hybridized carbons (Fsp3) is 0.250. The Bertz CT molecular complexity index is 488. The summed E-state index contributed by atoms with van der Waals surface area (Å²) < 4.78 is 0. The summed E-state index contributed by atoms with van der Waals surface area (Å²) in [5.41, 5.74) is 10.8. The van der Waals surface area contributed by atoms with Crippen LogP contribution in [0.4, 0.5) is 0 Å². The minimum absolute atomic E-state index is 0.759. The van der Waals surface area contributed by atoms with Crippen molar-refractivity contribution < 1.29 is 0 Å². The molecule has 0 saturated heterocycles. The monoisotopic (exact) mass is 225 g/mol. The van der Waals surface area contributed by atoms with Gasteiger partial charge in [0.2, 0.25) is 0 Å². The Balaban J connectivity index is 2.26. The molecule has 0 atom stereocenters. The molecule has 0 radical (unpaired) electrons. The van der Waals surface area contributed by atoms with Crippen molar-refractivity contribution in [3.63, 3.8) is 0 Å². The number of nitrogens with two attached hydrogens (primary N) is 1. The van der Waals surface area contributed by atoms with Crippen LogP contribution < -0.4 is 5.73 Å². The van der Waals surface area contributed by atoms with E-state index in [0.29, 0.717) is 0 Å². The van der Waals surface area contributed by atoms with Crippen LogP contribution in [0.2, 0.25) is 0 Å². The molecule has 0 heterocycles. The van der Waals surface area contributed by atoms with Crippen LogP contribution in [-0.2, 0) is 6.42 Å².